The molecule has 2 aromatic rings. The van der Waals surface area contributed by atoms with Gasteiger partial charge < -0.3 is 10.2 Å². The second kappa shape index (κ2) is 6.72. The van der Waals surface area contributed by atoms with E-state index in [0.29, 0.717) is 13.0 Å². The zero-order chi connectivity index (χ0) is 20.0. The van der Waals surface area contributed by atoms with E-state index >= 15 is 0 Å². The molecule has 2 heterocycles. The van der Waals surface area contributed by atoms with Gasteiger partial charge in [0.2, 0.25) is 5.91 Å². The first-order valence-electron chi connectivity index (χ1n) is 10.2. The molecule has 4 amide bonds. The molecule has 29 heavy (non-hydrogen) atoms. The zero-order valence-corrected chi connectivity index (χ0v) is 16.2. The van der Waals surface area contributed by atoms with Crippen molar-refractivity contribution in [2.45, 2.75) is 37.6 Å². The summed E-state index contributed by atoms with van der Waals surface area (Å²) in [7, 11) is 0. The Kier molecular flexibility index (Phi) is 4.15. The van der Waals surface area contributed by atoms with Crippen molar-refractivity contribution in [1.29, 1.82) is 0 Å². The van der Waals surface area contributed by atoms with Crippen molar-refractivity contribution in [2.24, 2.45) is 0 Å². The Morgan fingerprint density at radius 3 is 2.55 bits per heavy atom. The summed E-state index contributed by atoms with van der Waals surface area (Å²) in [6, 6.07) is 15.1. The highest BCUT2D eigenvalue weighted by atomic mass is 16.2. The summed E-state index contributed by atoms with van der Waals surface area (Å²) in [5.74, 6) is -0.532. The predicted octanol–water partition coefficient (Wildman–Crippen LogP) is 2.75. The number of urea groups is 1. The van der Waals surface area contributed by atoms with E-state index in [0.717, 1.165) is 53.0 Å². The van der Waals surface area contributed by atoms with Gasteiger partial charge in [0.25, 0.3) is 5.91 Å². The Balaban J connectivity index is 1.42. The van der Waals surface area contributed by atoms with E-state index in [9.17, 15) is 14.4 Å². The molecular weight excluding hydrogens is 366 g/mol. The molecule has 0 saturated carbocycles. The SMILES string of the molecule is O=C1N[C@@]2(CCCc3ccccc32)C(=O)N1CC(=O)N1CCCc2ccccc21. The molecule has 1 saturated heterocycles. The summed E-state index contributed by atoms with van der Waals surface area (Å²) >= 11 is 0. The van der Waals surface area contributed by atoms with Gasteiger partial charge in [0.05, 0.1) is 0 Å². The van der Waals surface area contributed by atoms with Gasteiger partial charge in [-0.25, -0.2) is 4.79 Å². The Morgan fingerprint density at radius 2 is 1.69 bits per heavy atom. The van der Waals surface area contributed by atoms with E-state index < -0.39 is 11.6 Å². The fourth-order valence-corrected chi connectivity index (χ4v) is 4.97. The molecule has 2 aromatic carbocycles. The summed E-state index contributed by atoms with van der Waals surface area (Å²) in [6.45, 7) is 0.371. The van der Waals surface area contributed by atoms with Crippen molar-refractivity contribution >= 4 is 23.5 Å². The first kappa shape index (κ1) is 17.9. The third kappa shape index (κ3) is 2.74. The average molecular weight is 389 g/mol. The second-order valence-corrected chi connectivity index (χ2v) is 8.02. The quantitative estimate of drug-likeness (QED) is 0.803. The molecule has 1 N–H and O–H groups in total. The number of benzene rings is 2. The lowest BCUT2D eigenvalue weighted by molar-refractivity contribution is -0.135. The number of nitrogens with zero attached hydrogens (tertiary/aromatic N) is 2. The number of para-hydroxylation sites is 1. The lowest BCUT2D eigenvalue weighted by Gasteiger charge is -2.33. The topological polar surface area (TPSA) is 69.7 Å². The second-order valence-electron chi connectivity index (χ2n) is 8.02. The third-order valence-electron chi connectivity index (χ3n) is 6.36. The highest BCUT2D eigenvalue weighted by molar-refractivity contribution is 6.11. The van der Waals surface area contributed by atoms with Crippen LogP contribution in [0.5, 0.6) is 0 Å². The number of imide groups is 1. The molecule has 1 atom stereocenters. The standard InChI is InChI=1S/C23H23N3O3/c27-20(25-14-6-10-17-8-2-4-12-19(17)25)15-26-21(28)23(24-22(26)29)13-5-9-16-7-1-3-11-18(16)23/h1-4,7-8,11-12H,5-6,9-10,13-15H2,(H,24,29)/t23-/m1/s1. The molecule has 2 aliphatic heterocycles. The maximum Gasteiger partial charge on any atom is 0.325 e. The minimum Gasteiger partial charge on any atom is -0.319 e. The van der Waals surface area contributed by atoms with Gasteiger partial charge in [-0.3, -0.25) is 14.5 Å². The average Bonchev–Trinajstić information content (AvgIpc) is 2.98. The van der Waals surface area contributed by atoms with E-state index in [-0.39, 0.29) is 18.4 Å². The highest BCUT2D eigenvalue weighted by Gasteiger charge is 2.54. The molecule has 1 aliphatic carbocycles. The van der Waals surface area contributed by atoms with Crippen LogP contribution in [-0.2, 0) is 28.0 Å². The number of hydrogen-bond acceptors (Lipinski definition) is 3. The lowest BCUT2D eigenvalue weighted by atomic mass is 9.76. The first-order chi connectivity index (χ1) is 14.1. The molecule has 0 unspecified atom stereocenters. The molecule has 6 nitrogen and oxygen atoms in total. The maximum absolute atomic E-state index is 13.4. The minimum absolute atomic E-state index is 0.221. The van der Waals surface area contributed by atoms with Gasteiger partial charge >= 0.3 is 6.03 Å². The summed E-state index contributed by atoms with van der Waals surface area (Å²) in [4.78, 5) is 42.0. The van der Waals surface area contributed by atoms with Crippen LogP contribution in [0.1, 0.15) is 36.0 Å². The monoisotopic (exact) mass is 389 g/mol. The number of anilines is 1. The molecule has 148 valence electrons. The molecule has 1 spiro atoms. The molecule has 0 radical (unpaired) electrons. The molecule has 0 bridgehead atoms. The third-order valence-corrected chi connectivity index (χ3v) is 6.36. The molecular formula is C23H23N3O3. The van der Waals surface area contributed by atoms with Gasteiger partial charge in [0.15, 0.2) is 0 Å². The zero-order valence-electron chi connectivity index (χ0n) is 16.2. The number of aryl methyl sites for hydroxylation is 2. The molecule has 3 aliphatic rings. The number of carbonyl (C=O) groups is 3. The van der Waals surface area contributed by atoms with Crippen LogP contribution >= 0.6 is 0 Å². The highest BCUT2D eigenvalue weighted by Crippen LogP contribution is 2.40. The van der Waals surface area contributed by atoms with Crippen molar-refractivity contribution < 1.29 is 14.4 Å². The van der Waals surface area contributed by atoms with Gasteiger partial charge in [0, 0.05) is 12.2 Å². The van der Waals surface area contributed by atoms with E-state index in [4.69, 9.17) is 0 Å². The van der Waals surface area contributed by atoms with Crippen LogP contribution < -0.4 is 10.2 Å². The fourth-order valence-electron chi connectivity index (χ4n) is 4.97. The van der Waals surface area contributed by atoms with E-state index in [1.807, 2.05) is 48.5 Å². The van der Waals surface area contributed by atoms with Crippen molar-refractivity contribution in [3.05, 3.63) is 65.2 Å². The Labute approximate surface area is 169 Å². The van der Waals surface area contributed by atoms with Gasteiger partial charge in [-0.15, -0.1) is 0 Å². The van der Waals surface area contributed by atoms with E-state index in [1.54, 1.807) is 4.90 Å². The fraction of sp³-hybridized carbons (Fsp3) is 0.348. The summed E-state index contributed by atoms with van der Waals surface area (Å²) < 4.78 is 0. The number of amides is 4. The minimum atomic E-state index is -1.04. The smallest absolute Gasteiger partial charge is 0.319 e. The number of hydrogen-bond donors (Lipinski definition) is 1. The maximum atomic E-state index is 13.4. The van der Waals surface area contributed by atoms with Crippen molar-refractivity contribution in [3.63, 3.8) is 0 Å². The van der Waals surface area contributed by atoms with Gasteiger partial charge in [-0.1, -0.05) is 42.5 Å². The van der Waals surface area contributed by atoms with Crippen molar-refractivity contribution in [3.8, 4) is 0 Å². The first-order valence-corrected chi connectivity index (χ1v) is 10.2. The number of fused-ring (bicyclic) bond motifs is 3. The van der Waals surface area contributed by atoms with Gasteiger partial charge in [-0.05, 0) is 54.9 Å². The van der Waals surface area contributed by atoms with Crippen molar-refractivity contribution in [1.82, 2.24) is 10.2 Å². The van der Waals surface area contributed by atoms with Crippen LogP contribution in [0.2, 0.25) is 0 Å². The molecule has 0 aromatic heterocycles. The number of rotatable bonds is 2. The number of carbonyl (C=O) groups excluding carboxylic acids is 3. The van der Waals surface area contributed by atoms with Crippen LogP contribution in [0.3, 0.4) is 0 Å². The van der Waals surface area contributed by atoms with Crippen molar-refractivity contribution in [2.75, 3.05) is 18.0 Å². The van der Waals surface area contributed by atoms with Crippen LogP contribution in [0.15, 0.2) is 48.5 Å². The summed E-state index contributed by atoms with van der Waals surface area (Å²) in [5, 5.41) is 2.92. The van der Waals surface area contributed by atoms with E-state index in [2.05, 4.69) is 5.32 Å². The summed E-state index contributed by atoms with van der Waals surface area (Å²) in [5.41, 5.74) is 2.93. The van der Waals surface area contributed by atoms with Gasteiger partial charge in [-0.2, -0.15) is 0 Å². The van der Waals surface area contributed by atoms with Crippen LogP contribution in [0.25, 0.3) is 0 Å². The van der Waals surface area contributed by atoms with Gasteiger partial charge in [0.1, 0.15) is 12.1 Å². The Bertz CT molecular complexity index is 1020. The lowest BCUT2D eigenvalue weighted by Crippen LogP contribution is -2.48. The largest absolute Gasteiger partial charge is 0.325 e. The Morgan fingerprint density at radius 1 is 0.966 bits per heavy atom. The molecule has 5 rings (SSSR count). The van der Waals surface area contributed by atoms with Crippen LogP contribution in [0.4, 0.5) is 10.5 Å². The normalized spacial score (nSPS) is 23.0. The predicted molar refractivity (Wildman–Crippen MR) is 108 cm³/mol. The van der Waals surface area contributed by atoms with Crippen LogP contribution in [-0.4, -0.2) is 35.8 Å². The Hall–Kier alpha value is -3.15. The van der Waals surface area contributed by atoms with E-state index in [1.165, 1.54) is 0 Å². The van der Waals surface area contributed by atoms with Crippen LogP contribution in [0, 0.1) is 0 Å². The summed E-state index contributed by atoms with van der Waals surface area (Å²) in [6.07, 6.45) is 4.09. The molecule has 6 heteroatoms. The number of nitrogens with one attached hydrogen (secondary N) is 1. The molecule has 1 fully saturated rings.